The van der Waals surface area contributed by atoms with Gasteiger partial charge in [0, 0.05) is 11.0 Å². The van der Waals surface area contributed by atoms with Gasteiger partial charge in [-0.15, -0.1) is 0 Å². The highest BCUT2D eigenvalue weighted by Gasteiger charge is 2.26. The highest BCUT2D eigenvalue weighted by molar-refractivity contribution is 9.10. The summed E-state index contributed by atoms with van der Waals surface area (Å²) < 4.78 is 29.1. The molecule has 1 amide bonds. The fourth-order valence-electron chi connectivity index (χ4n) is 3.51. The van der Waals surface area contributed by atoms with Gasteiger partial charge in [0.25, 0.3) is 0 Å². The molecule has 0 saturated carbocycles. The third-order valence-corrected chi connectivity index (χ3v) is 7.17. The summed E-state index contributed by atoms with van der Waals surface area (Å²) in [6.07, 6.45) is 7.96. The predicted molar refractivity (Wildman–Crippen MR) is 123 cm³/mol. The monoisotopic (exact) mass is 490 g/mol. The van der Waals surface area contributed by atoms with Gasteiger partial charge in [0.2, 0.25) is 15.9 Å². The summed E-state index contributed by atoms with van der Waals surface area (Å²) >= 11 is 3.31. The number of hydrogen-bond acceptors (Lipinski definition) is 3. The van der Waals surface area contributed by atoms with Crippen molar-refractivity contribution >= 4 is 31.9 Å². The number of carbonyl (C=O) groups excluding carboxylic acids is 1. The molecule has 2 aromatic carbocycles. The Balaban J connectivity index is 1.69. The third kappa shape index (κ3) is 6.79. The molecule has 0 aromatic heterocycles. The summed E-state index contributed by atoms with van der Waals surface area (Å²) in [5, 5.41) is 2.92. The van der Waals surface area contributed by atoms with Crippen LogP contribution in [-0.4, -0.2) is 26.9 Å². The second-order valence-corrected chi connectivity index (χ2v) is 10.1. The molecule has 3 rings (SSSR count). The van der Waals surface area contributed by atoms with E-state index in [2.05, 4.69) is 32.0 Å². The van der Waals surface area contributed by atoms with E-state index in [0.29, 0.717) is 6.54 Å². The molecule has 2 aromatic rings. The van der Waals surface area contributed by atoms with E-state index in [1.165, 1.54) is 30.5 Å². The summed E-state index contributed by atoms with van der Waals surface area (Å²) in [7, 11) is -3.83. The Labute approximate surface area is 187 Å². The first-order chi connectivity index (χ1) is 14.4. The lowest BCUT2D eigenvalue weighted by molar-refractivity contribution is -0.122. The predicted octanol–water partition coefficient (Wildman–Crippen LogP) is 4.35. The molecule has 0 aliphatic heterocycles. The minimum absolute atomic E-state index is 0.129. The highest BCUT2D eigenvalue weighted by atomic mass is 79.9. The van der Waals surface area contributed by atoms with Crippen LogP contribution in [0.5, 0.6) is 0 Å². The van der Waals surface area contributed by atoms with E-state index in [4.69, 9.17) is 0 Å². The highest BCUT2D eigenvalue weighted by Crippen LogP contribution is 2.19. The molecule has 1 aliphatic rings. The van der Waals surface area contributed by atoms with Gasteiger partial charge in [0.05, 0.1) is 4.90 Å². The van der Waals surface area contributed by atoms with E-state index in [-0.39, 0.29) is 17.2 Å². The third-order valence-electron chi connectivity index (χ3n) is 5.15. The average molecular weight is 491 g/mol. The maximum Gasteiger partial charge on any atom is 0.241 e. The van der Waals surface area contributed by atoms with Crippen LogP contribution in [0, 0.1) is 0 Å². The van der Waals surface area contributed by atoms with E-state index < -0.39 is 16.1 Å². The van der Waals surface area contributed by atoms with E-state index in [9.17, 15) is 13.2 Å². The number of amides is 1. The number of benzene rings is 2. The van der Waals surface area contributed by atoms with Crippen LogP contribution in [0.3, 0.4) is 0 Å². The van der Waals surface area contributed by atoms with Crippen molar-refractivity contribution in [3.8, 4) is 0 Å². The topological polar surface area (TPSA) is 75.3 Å². The smallest absolute Gasteiger partial charge is 0.241 e. The molecule has 0 fully saturated rings. The number of carbonyl (C=O) groups is 1. The number of hydrogen-bond donors (Lipinski definition) is 2. The van der Waals surface area contributed by atoms with Gasteiger partial charge in [-0.3, -0.25) is 4.79 Å². The van der Waals surface area contributed by atoms with Crippen molar-refractivity contribution in [3.63, 3.8) is 0 Å². The van der Waals surface area contributed by atoms with Crippen molar-refractivity contribution in [2.45, 2.75) is 49.5 Å². The van der Waals surface area contributed by atoms with Gasteiger partial charge >= 0.3 is 0 Å². The molecule has 1 atom stereocenters. The van der Waals surface area contributed by atoms with Crippen molar-refractivity contribution in [2.24, 2.45) is 0 Å². The van der Waals surface area contributed by atoms with Gasteiger partial charge in [0.1, 0.15) is 6.04 Å². The Bertz CT molecular complexity index is 973. The summed E-state index contributed by atoms with van der Waals surface area (Å²) in [6.45, 7) is 0.510. The minimum atomic E-state index is -3.83. The van der Waals surface area contributed by atoms with E-state index in [1.807, 2.05) is 30.3 Å². The summed E-state index contributed by atoms with van der Waals surface area (Å²) in [6, 6.07) is 14.9. The quantitative estimate of drug-likeness (QED) is 0.513. The molecule has 2 N–H and O–H groups in total. The zero-order valence-corrected chi connectivity index (χ0v) is 19.2. The zero-order valence-electron chi connectivity index (χ0n) is 16.8. The Morgan fingerprint density at radius 3 is 2.43 bits per heavy atom. The van der Waals surface area contributed by atoms with Gasteiger partial charge in [-0.1, -0.05) is 57.9 Å². The lowest BCUT2D eigenvalue weighted by Gasteiger charge is -2.19. The molecular formula is C23H27BrN2O3S. The molecule has 0 unspecified atom stereocenters. The fraction of sp³-hybridized carbons (Fsp3) is 0.348. The van der Waals surface area contributed by atoms with Crippen LogP contribution in [0.4, 0.5) is 0 Å². The first kappa shape index (κ1) is 22.7. The van der Waals surface area contributed by atoms with Crippen LogP contribution in [0.15, 0.2) is 75.6 Å². The molecule has 0 heterocycles. The molecular weight excluding hydrogens is 464 g/mol. The molecule has 0 radical (unpaired) electrons. The summed E-state index contributed by atoms with van der Waals surface area (Å²) in [4.78, 5) is 13.0. The van der Waals surface area contributed by atoms with Gasteiger partial charge in [-0.2, -0.15) is 4.72 Å². The second kappa shape index (κ2) is 10.9. The van der Waals surface area contributed by atoms with Crippen LogP contribution < -0.4 is 10.0 Å². The lowest BCUT2D eigenvalue weighted by Crippen LogP contribution is -2.48. The lowest BCUT2D eigenvalue weighted by atomic mass is 9.97. The molecule has 0 saturated heterocycles. The fourth-order valence-corrected chi connectivity index (χ4v) is 4.97. The van der Waals surface area contributed by atoms with Crippen molar-refractivity contribution in [1.29, 1.82) is 0 Å². The molecule has 0 bridgehead atoms. The van der Waals surface area contributed by atoms with Gasteiger partial charge in [-0.25, -0.2) is 8.42 Å². The molecule has 5 nitrogen and oxygen atoms in total. The van der Waals surface area contributed by atoms with Gasteiger partial charge in [0.15, 0.2) is 0 Å². The van der Waals surface area contributed by atoms with Crippen molar-refractivity contribution in [3.05, 3.63) is 76.3 Å². The van der Waals surface area contributed by atoms with Crippen LogP contribution in [0.1, 0.15) is 37.7 Å². The number of sulfonamides is 1. The van der Waals surface area contributed by atoms with Crippen LogP contribution in [0.25, 0.3) is 0 Å². The number of halogens is 1. The molecule has 1 aliphatic carbocycles. The van der Waals surface area contributed by atoms with E-state index in [0.717, 1.165) is 29.3 Å². The second-order valence-electron chi connectivity index (χ2n) is 7.47. The van der Waals surface area contributed by atoms with Crippen LogP contribution in [-0.2, 0) is 21.2 Å². The maximum absolute atomic E-state index is 12.9. The molecule has 160 valence electrons. The molecule has 7 heteroatoms. The molecule has 0 spiro atoms. The first-order valence-corrected chi connectivity index (χ1v) is 12.5. The Morgan fingerprint density at radius 2 is 1.77 bits per heavy atom. The van der Waals surface area contributed by atoms with Crippen molar-refractivity contribution in [2.75, 3.05) is 6.54 Å². The van der Waals surface area contributed by atoms with Gasteiger partial charge < -0.3 is 5.32 Å². The van der Waals surface area contributed by atoms with E-state index >= 15 is 0 Å². The van der Waals surface area contributed by atoms with Crippen LogP contribution >= 0.6 is 15.9 Å². The number of nitrogens with one attached hydrogen (secondary N) is 2. The van der Waals surface area contributed by atoms with E-state index in [1.54, 1.807) is 12.1 Å². The summed E-state index contributed by atoms with van der Waals surface area (Å²) in [5.41, 5.74) is 2.27. The van der Waals surface area contributed by atoms with Crippen molar-refractivity contribution in [1.82, 2.24) is 10.0 Å². The van der Waals surface area contributed by atoms with Crippen LogP contribution in [0.2, 0.25) is 0 Å². The first-order valence-electron chi connectivity index (χ1n) is 10.2. The largest absolute Gasteiger partial charge is 0.354 e. The molecule has 30 heavy (non-hydrogen) atoms. The SMILES string of the molecule is O=C(NCCC1=CCCCC1)[C@@H](Cc1ccccc1)NS(=O)(=O)c1ccc(Br)cc1. The number of allylic oxidation sites excluding steroid dienone is 1. The number of rotatable bonds is 9. The minimum Gasteiger partial charge on any atom is -0.354 e. The Morgan fingerprint density at radius 1 is 1.03 bits per heavy atom. The average Bonchev–Trinajstić information content (AvgIpc) is 2.75. The zero-order chi connectivity index (χ0) is 21.4. The Hall–Kier alpha value is -1.96. The standard InChI is InChI=1S/C23H27BrN2O3S/c24-20-11-13-21(14-12-20)30(28,29)26-22(17-19-9-5-2-6-10-19)23(27)25-16-15-18-7-3-1-4-8-18/h2,5-7,9-14,22,26H,1,3-4,8,15-17H2,(H,25,27)/t22-/m1/s1. The summed E-state index contributed by atoms with van der Waals surface area (Å²) in [5.74, 6) is -0.309. The normalized spacial score (nSPS) is 15.3. The van der Waals surface area contributed by atoms with Crippen molar-refractivity contribution < 1.29 is 13.2 Å². The maximum atomic E-state index is 12.9. The van der Waals surface area contributed by atoms with Gasteiger partial charge in [-0.05, 0) is 68.4 Å². The Kier molecular flexibility index (Phi) is 8.24.